The van der Waals surface area contributed by atoms with Crippen LogP contribution in [0.25, 0.3) is 0 Å². The van der Waals surface area contributed by atoms with Crippen molar-refractivity contribution < 1.29 is 88.8 Å². The average molecular weight is 1660 g/mol. The molecule has 4 amide bonds. The number of phosphoric ester groups is 2. The maximum Gasteiger partial charge on any atom is 0.475 e. The van der Waals surface area contributed by atoms with Gasteiger partial charge in [0.15, 0.2) is 0 Å². The van der Waals surface area contributed by atoms with Gasteiger partial charge in [0.2, 0.25) is 11.8 Å². The van der Waals surface area contributed by atoms with Crippen LogP contribution in [0.5, 0.6) is 0 Å². The van der Waals surface area contributed by atoms with E-state index in [0.717, 1.165) is 141 Å². The molecule has 0 aromatic rings. The fourth-order valence-corrected chi connectivity index (χ4v) is 15.6. The minimum absolute atomic E-state index is 0.111. The molecule has 0 bridgehead atoms. The van der Waals surface area contributed by atoms with Crippen LogP contribution in [0.15, 0.2) is 25.3 Å². The van der Waals surface area contributed by atoms with Crippen molar-refractivity contribution in [1.82, 2.24) is 21.3 Å². The molecule has 668 valence electrons. The third kappa shape index (κ3) is 73.3. The molecule has 0 rings (SSSR count). The van der Waals surface area contributed by atoms with Gasteiger partial charge in [-0.25, -0.2) is 13.9 Å². The van der Waals surface area contributed by atoms with E-state index < -0.39 is 58.8 Å². The molecule has 23 nitrogen and oxygen atoms in total. The van der Waals surface area contributed by atoms with E-state index >= 15 is 0 Å². The van der Waals surface area contributed by atoms with Gasteiger partial charge in [-0.3, -0.25) is 55.9 Å². The second kappa shape index (κ2) is 81.5. The van der Waals surface area contributed by atoms with Gasteiger partial charge in [-0.2, -0.15) is 0 Å². The summed E-state index contributed by atoms with van der Waals surface area (Å²) in [6, 6.07) is -2.54. The monoisotopic (exact) mass is 1660 g/mol. The minimum Gasteiger partial charge on any atom is -0.462 e. The molecule has 0 aromatic heterocycles. The third-order valence-corrected chi connectivity index (χ3v) is 22.9. The third-order valence-electron chi connectivity index (χ3n) is 20.0. The lowest BCUT2D eigenvalue weighted by atomic mass is 10.0. The van der Waals surface area contributed by atoms with Crippen LogP contribution in [-0.2, 0) is 84.0 Å². The summed E-state index contributed by atoms with van der Waals surface area (Å²) >= 11 is 0. The Kier molecular flexibility index (Phi) is 78.7. The van der Waals surface area contributed by atoms with Gasteiger partial charge in [0.25, 0.3) is 0 Å². The van der Waals surface area contributed by atoms with Gasteiger partial charge in [-0.05, 0) is 51.4 Å². The molecule has 0 saturated heterocycles. The van der Waals surface area contributed by atoms with Gasteiger partial charge in [-0.15, -0.1) is 13.2 Å². The van der Waals surface area contributed by atoms with Crippen LogP contribution in [-0.4, -0.2) is 145 Å². The molecular formula is C89H168N4O19P2. The fraction of sp³-hybridized carbons (Fsp3) is 0.876. The van der Waals surface area contributed by atoms with E-state index in [-0.39, 0.29) is 127 Å². The topological polar surface area (TPSA) is 294 Å². The van der Waals surface area contributed by atoms with Gasteiger partial charge in [0.1, 0.15) is 23.8 Å². The van der Waals surface area contributed by atoms with E-state index in [1.807, 2.05) is 0 Å². The SMILES string of the molecule is C=CCOP(=O)(OCCNC(=O)NCCOP(=O)(OCC=C)OC[C@@H](COCCC(CCCCCCC)OC(=O)CCCCCCCCCCC)NC(=O)CC(=O)CCCCCCCCCCC)OC[C@@H](COCCC(CCCCCCC)OC(=O)CCCCCCCCCCC)NC(=O)CC(=O)CCCCCCCCCCC. The molecule has 0 aliphatic heterocycles. The summed E-state index contributed by atoms with van der Waals surface area (Å²) in [7, 11) is -8.83. The van der Waals surface area contributed by atoms with Crippen LogP contribution >= 0.6 is 15.6 Å². The quantitative estimate of drug-likeness (QED) is 0.0145. The van der Waals surface area contributed by atoms with E-state index in [4.69, 9.17) is 46.1 Å². The van der Waals surface area contributed by atoms with Crippen LogP contribution < -0.4 is 21.3 Å². The van der Waals surface area contributed by atoms with Gasteiger partial charge in [0, 0.05) is 51.6 Å². The molecule has 0 aromatic carbocycles. The maximum atomic E-state index is 14.2. The second-order valence-corrected chi connectivity index (χ2v) is 34.5. The molecule has 0 spiro atoms. The molecule has 0 radical (unpaired) electrons. The Hall–Kier alpha value is -3.89. The van der Waals surface area contributed by atoms with Crippen molar-refractivity contribution in [1.29, 1.82) is 0 Å². The molecule has 4 unspecified atom stereocenters. The Morgan fingerprint density at radius 3 is 0.877 bits per heavy atom. The predicted molar refractivity (Wildman–Crippen MR) is 461 cm³/mol. The standard InChI is InChI=1S/C89H168N4O19P2/c1-9-17-23-29-33-37-41-47-51-57-81(94)73-85(96)92-79(75-103-69-63-83(59-53-45-27-21-13-5)111-87(98)61-55-49-43-39-35-31-25-19-11-3)77-109-113(101,105-67-15-7)107-71-65-90-89(100)91-66-72-108-114(102,106-68-16-8)110-78-80(93-86(97)74-82(95)58-52-48-42-38-34-30-24-18-10-2)76-104-70-64-84(60-54-46-28-22-14-6)112-88(99)62-56-50-44-40-36-32-26-20-12-4/h15-16,79-80,83-84H,7-14,17-78H2,1-6H3,(H,92,96)(H,93,97)(H2,90,91,100)/t79-,80-,83?,84?,113?,114?/m1/s1. The van der Waals surface area contributed by atoms with Gasteiger partial charge < -0.3 is 40.2 Å². The normalized spacial score (nSPS) is 13.6. The van der Waals surface area contributed by atoms with Gasteiger partial charge in [0.05, 0.1) is 91.0 Å². The van der Waals surface area contributed by atoms with E-state index in [1.54, 1.807) is 0 Å². The number of amides is 4. The van der Waals surface area contributed by atoms with Crippen LogP contribution in [0.2, 0.25) is 0 Å². The highest BCUT2D eigenvalue weighted by Gasteiger charge is 2.31. The summed E-state index contributed by atoms with van der Waals surface area (Å²) in [5, 5.41) is 10.8. The predicted octanol–water partition coefficient (Wildman–Crippen LogP) is 22.9. The molecule has 0 aliphatic rings. The zero-order valence-corrected chi connectivity index (χ0v) is 74.9. The second-order valence-electron chi connectivity index (χ2n) is 31.1. The summed E-state index contributed by atoms with van der Waals surface area (Å²) in [5.74, 6) is -1.93. The lowest BCUT2D eigenvalue weighted by molar-refractivity contribution is -0.151. The molecule has 25 heteroatoms. The Bertz CT molecular complexity index is 2290. The fourth-order valence-electron chi connectivity index (χ4n) is 13.2. The number of ether oxygens (including phenoxy) is 4. The highest BCUT2D eigenvalue weighted by atomic mass is 31.2. The number of phosphoric acid groups is 2. The van der Waals surface area contributed by atoms with Crippen LogP contribution in [0.3, 0.4) is 0 Å². The first-order valence-corrected chi connectivity index (χ1v) is 48.8. The van der Waals surface area contributed by atoms with Crippen molar-refractivity contribution in [2.75, 3.05) is 79.2 Å². The van der Waals surface area contributed by atoms with Crippen molar-refractivity contribution in [3.8, 4) is 0 Å². The van der Waals surface area contributed by atoms with Crippen LogP contribution in [0, 0.1) is 0 Å². The van der Waals surface area contributed by atoms with Crippen LogP contribution in [0.1, 0.15) is 401 Å². The van der Waals surface area contributed by atoms with Crippen molar-refractivity contribution in [2.24, 2.45) is 0 Å². The zero-order chi connectivity index (χ0) is 83.7. The van der Waals surface area contributed by atoms with E-state index in [0.29, 0.717) is 51.4 Å². The summed E-state index contributed by atoms with van der Waals surface area (Å²) < 4.78 is 86.8. The average Bonchev–Trinajstić information content (AvgIpc) is 0.555. The Balaban J connectivity index is 6.11. The minimum atomic E-state index is -4.42. The van der Waals surface area contributed by atoms with Crippen molar-refractivity contribution >= 4 is 57.0 Å². The molecule has 0 aliphatic carbocycles. The number of nitrogens with one attached hydrogen (secondary N) is 4. The number of urea groups is 1. The van der Waals surface area contributed by atoms with E-state index in [1.165, 1.54) is 153 Å². The van der Waals surface area contributed by atoms with E-state index in [2.05, 4.69) is 76.0 Å². The zero-order valence-electron chi connectivity index (χ0n) is 73.1. The largest absolute Gasteiger partial charge is 0.475 e. The number of hydrogen-bond donors (Lipinski definition) is 4. The molecule has 6 atom stereocenters. The van der Waals surface area contributed by atoms with Crippen LogP contribution in [0.4, 0.5) is 4.79 Å². The molecule has 0 fully saturated rings. The first kappa shape index (κ1) is 110. The number of hydrogen-bond acceptors (Lipinski definition) is 19. The number of rotatable bonds is 90. The number of carbonyl (C=O) groups excluding carboxylic acids is 7. The van der Waals surface area contributed by atoms with Crippen molar-refractivity contribution in [3.05, 3.63) is 25.3 Å². The summed E-state index contributed by atoms with van der Waals surface area (Å²) in [6.45, 7) is 18.2. The Morgan fingerprint density at radius 2 is 0.588 bits per heavy atom. The Labute approximate surface area is 693 Å². The van der Waals surface area contributed by atoms with Gasteiger partial charge >= 0.3 is 33.6 Å². The number of ketones is 2. The molecule has 4 N–H and O–H groups in total. The number of carbonyl (C=O) groups is 7. The number of esters is 2. The lowest BCUT2D eigenvalue weighted by Gasteiger charge is -2.23. The number of unbranched alkanes of at least 4 members (excludes halogenated alkanes) is 40. The summed E-state index contributed by atoms with van der Waals surface area (Å²) in [4.78, 5) is 92.6. The highest BCUT2D eigenvalue weighted by Crippen LogP contribution is 2.50. The highest BCUT2D eigenvalue weighted by molar-refractivity contribution is 7.48. The summed E-state index contributed by atoms with van der Waals surface area (Å²) in [5.41, 5.74) is 0. The maximum absolute atomic E-state index is 14.2. The molecule has 114 heavy (non-hydrogen) atoms. The van der Waals surface area contributed by atoms with Gasteiger partial charge in [-0.1, -0.05) is 311 Å². The number of Topliss-reactive ketones (excluding diaryl/α,β-unsaturated/α-hetero) is 2. The van der Waals surface area contributed by atoms with E-state index in [9.17, 15) is 42.7 Å². The van der Waals surface area contributed by atoms with Crippen molar-refractivity contribution in [3.63, 3.8) is 0 Å². The smallest absolute Gasteiger partial charge is 0.462 e. The first-order valence-electron chi connectivity index (χ1n) is 45.9. The lowest BCUT2D eigenvalue weighted by Crippen LogP contribution is -2.42. The molecule has 0 heterocycles. The molecule has 0 saturated carbocycles. The molecular weight excluding hydrogens is 1490 g/mol. The van der Waals surface area contributed by atoms with Crippen molar-refractivity contribution in [2.45, 2.75) is 425 Å². The summed E-state index contributed by atoms with van der Waals surface area (Å²) in [6.07, 6.45) is 55.5. The first-order chi connectivity index (χ1) is 55.4. The Morgan fingerprint density at radius 1 is 0.316 bits per heavy atom.